The lowest BCUT2D eigenvalue weighted by molar-refractivity contribution is 0.0611. The molecule has 4 nitrogen and oxygen atoms in total. The molecule has 1 fully saturated rings. The number of aromatic nitrogens is 1. The van der Waals surface area contributed by atoms with Crippen LogP contribution in [0.15, 0.2) is 79.0 Å². The maximum absolute atomic E-state index is 13.0. The van der Waals surface area contributed by atoms with Crippen LogP contribution in [0.5, 0.6) is 11.6 Å². The third-order valence-corrected chi connectivity index (χ3v) is 4.89. The Labute approximate surface area is 159 Å². The number of piperidine rings is 1. The van der Waals surface area contributed by atoms with Crippen molar-refractivity contribution < 1.29 is 9.53 Å². The summed E-state index contributed by atoms with van der Waals surface area (Å²) in [6.07, 6.45) is 4.95. The molecule has 1 atom stereocenters. The summed E-state index contributed by atoms with van der Waals surface area (Å²) in [4.78, 5) is 19.4. The number of hydrogen-bond acceptors (Lipinski definition) is 3. The van der Waals surface area contributed by atoms with Crippen LogP contribution >= 0.6 is 0 Å². The van der Waals surface area contributed by atoms with Crippen molar-refractivity contribution in [2.45, 2.75) is 25.3 Å². The Kier molecular flexibility index (Phi) is 5.15. The number of benzene rings is 2. The van der Waals surface area contributed by atoms with Crippen molar-refractivity contribution in [1.82, 2.24) is 9.88 Å². The van der Waals surface area contributed by atoms with Crippen LogP contribution < -0.4 is 4.74 Å². The second-order valence-corrected chi connectivity index (χ2v) is 6.72. The lowest BCUT2D eigenvalue weighted by atomic mass is 9.95. The molecule has 4 rings (SSSR count). The summed E-state index contributed by atoms with van der Waals surface area (Å²) in [7, 11) is 0. The van der Waals surface area contributed by atoms with Crippen molar-refractivity contribution in [2.75, 3.05) is 6.54 Å². The van der Waals surface area contributed by atoms with Crippen molar-refractivity contribution >= 4 is 5.91 Å². The topological polar surface area (TPSA) is 42.4 Å². The molecule has 0 bridgehead atoms. The van der Waals surface area contributed by atoms with E-state index in [1.54, 1.807) is 0 Å². The predicted molar refractivity (Wildman–Crippen MR) is 105 cm³/mol. The van der Waals surface area contributed by atoms with Gasteiger partial charge in [0.05, 0.1) is 6.04 Å². The molecule has 0 saturated carbocycles. The predicted octanol–water partition coefficient (Wildman–Crippen LogP) is 5.24. The fourth-order valence-corrected chi connectivity index (χ4v) is 3.53. The maximum Gasteiger partial charge on any atom is 0.254 e. The number of pyridine rings is 1. The van der Waals surface area contributed by atoms with Crippen LogP contribution in [0.3, 0.4) is 0 Å². The SMILES string of the molecule is O=C(c1ccccc1)N1CCCC[C@@H]1c1ccc(Oc2ccccc2)nc1. The molecule has 1 saturated heterocycles. The lowest BCUT2D eigenvalue weighted by Gasteiger charge is -2.36. The summed E-state index contributed by atoms with van der Waals surface area (Å²) in [6, 6.07) is 23.1. The number of rotatable bonds is 4. The molecule has 0 N–H and O–H groups in total. The van der Waals surface area contributed by atoms with Crippen molar-refractivity contribution in [3.63, 3.8) is 0 Å². The maximum atomic E-state index is 13.0. The monoisotopic (exact) mass is 358 g/mol. The highest BCUT2D eigenvalue weighted by Gasteiger charge is 2.28. The minimum atomic E-state index is 0.0599. The van der Waals surface area contributed by atoms with Crippen molar-refractivity contribution in [3.05, 3.63) is 90.1 Å². The van der Waals surface area contributed by atoms with Gasteiger partial charge in [-0.15, -0.1) is 0 Å². The van der Waals surface area contributed by atoms with Gasteiger partial charge in [0.25, 0.3) is 5.91 Å². The van der Waals surface area contributed by atoms with E-state index in [4.69, 9.17) is 4.74 Å². The molecule has 2 heterocycles. The second-order valence-electron chi connectivity index (χ2n) is 6.72. The Morgan fingerprint density at radius 2 is 1.67 bits per heavy atom. The minimum absolute atomic E-state index is 0.0599. The number of ether oxygens (including phenoxy) is 1. The number of carbonyl (C=O) groups is 1. The molecule has 2 aromatic carbocycles. The largest absolute Gasteiger partial charge is 0.439 e. The molecule has 27 heavy (non-hydrogen) atoms. The van der Waals surface area contributed by atoms with E-state index < -0.39 is 0 Å². The van der Waals surface area contributed by atoms with Gasteiger partial charge in [-0.2, -0.15) is 0 Å². The number of hydrogen-bond donors (Lipinski definition) is 0. The highest BCUT2D eigenvalue weighted by molar-refractivity contribution is 5.94. The van der Waals surface area contributed by atoms with Gasteiger partial charge >= 0.3 is 0 Å². The molecule has 1 aliphatic heterocycles. The Bertz CT molecular complexity index is 879. The quantitative estimate of drug-likeness (QED) is 0.640. The van der Waals surface area contributed by atoms with Crippen molar-refractivity contribution in [2.24, 2.45) is 0 Å². The molecule has 1 amide bonds. The molecule has 1 aromatic heterocycles. The minimum Gasteiger partial charge on any atom is -0.439 e. The summed E-state index contributed by atoms with van der Waals surface area (Å²) < 4.78 is 5.77. The first kappa shape index (κ1) is 17.3. The van der Waals surface area contributed by atoms with Gasteiger partial charge in [-0.25, -0.2) is 4.98 Å². The standard InChI is InChI=1S/C23H22N2O2/c26-23(18-9-3-1-4-10-18)25-16-8-7-13-21(25)19-14-15-22(24-17-19)27-20-11-5-2-6-12-20/h1-6,9-12,14-15,17,21H,7-8,13,16H2/t21-/m1/s1. The fourth-order valence-electron chi connectivity index (χ4n) is 3.53. The van der Waals surface area contributed by atoms with Gasteiger partial charge < -0.3 is 9.64 Å². The molecule has 1 aliphatic rings. The molecule has 0 aliphatic carbocycles. The zero-order valence-electron chi connectivity index (χ0n) is 15.1. The number of likely N-dealkylation sites (tertiary alicyclic amines) is 1. The van der Waals surface area contributed by atoms with Gasteiger partial charge in [-0.3, -0.25) is 4.79 Å². The number of amides is 1. The third kappa shape index (κ3) is 4.00. The summed E-state index contributed by atoms with van der Waals surface area (Å²) in [5.41, 5.74) is 1.79. The molecule has 136 valence electrons. The number of nitrogens with zero attached hydrogens (tertiary/aromatic N) is 2. The van der Waals surface area contributed by atoms with Crippen LogP contribution in [-0.4, -0.2) is 22.3 Å². The molecular formula is C23H22N2O2. The van der Waals surface area contributed by atoms with Gasteiger partial charge in [0, 0.05) is 24.4 Å². The first-order chi connectivity index (χ1) is 13.3. The highest BCUT2D eigenvalue weighted by atomic mass is 16.5. The van der Waals surface area contributed by atoms with E-state index in [0.717, 1.165) is 42.7 Å². The van der Waals surface area contributed by atoms with E-state index in [1.165, 1.54) is 0 Å². The van der Waals surface area contributed by atoms with E-state index in [2.05, 4.69) is 4.98 Å². The van der Waals surface area contributed by atoms with E-state index >= 15 is 0 Å². The summed E-state index contributed by atoms with van der Waals surface area (Å²) in [6.45, 7) is 0.778. The number of carbonyl (C=O) groups excluding carboxylic acids is 1. The van der Waals surface area contributed by atoms with Crippen LogP contribution in [-0.2, 0) is 0 Å². The highest BCUT2D eigenvalue weighted by Crippen LogP contribution is 2.32. The van der Waals surface area contributed by atoms with Gasteiger partial charge in [-0.1, -0.05) is 42.5 Å². The smallest absolute Gasteiger partial charge is 0.254 e. The normalized spacial score (nSPS) is 16.7. The van der Waals surface area contributed by atoms with Crippen LogP contribution in [0.2, 0.25) is 0 Å². The summed E-state index contributed by atoms with van der Waals surface area (Å²) in [5, 5.41) is 0. The zero-order valence-corrected chi connectivity index (χ0v) is 15.1. The van der Waals surface area contributed by atoms with Crippen LogP contribution in [0, 0.1) is 0 Å². The molecule has 0 unspecified atom stereocenters. The number of para-hydroxylation sites is 1. The van der Waals surface area contributed by atoms with Crippen LogP contribution in [0.1, 0.15) is 41.2 Å². The van der Waals surface area contributed by atoms with Crippen LogP contribution in [0.25, 0.3) is 0 Å². The average molecular weight is 358 g/mol. The van der Waals surface area contributed by atoms with E-state index in [9.17, 15) is 4.79 Å². The fraction of sp³-hybridized carbons (Fsp3) is 0.217. The van der Waals surface area contributed by atoms with Gasteiger partial charge in [0.2, 0.25) is 5.88 Å². The lowest BCUT2D eigenvalue weighted by Crippen LogP contribution is -2.38. The molecular weight excluding hydrogens is 336 g/mol. The molecule has 0 radical (unpaired) electrons. The van der Waals surface area contributed by atoms with Crippen molar-refractivity contribution in [1.29, 1.82) is 0 Å². The Morgan fingerprint density at radius 3 is 2.37 bits per heavy atom. The molecule has 0 spiro atoms. The van der Waals surface area contributed by atoms with Gasteiger partial charge in [0.15, 0.2) is 0 Å². The van der Waals surface area contributed by atoms with E-state index in [-0.39, 0.29) is 11.9 Å². The van der Waals surface area contributed by atoms with Crippen LogP contribution in [0.4, 0.5) is 0 Å². The third-order valence-electron chi connectivity index (χ3n) is 4.89. The van der Waals surface area contributed by atoms with Gasteiger partial charge in [-0.05, 0) is 49.1 Å². The van der Waals surface area contributed by atoms with Crippen molar-refractivity contribution in [3.8, 4) is 11.6 Å². The Hall–Kier alpha value is -3.14. The summed E-state index contributed by atoms with van der Waals surface area (Å²) >= 11 is 0. The first-order valence-electron chi connectivity index (χ1n) is 9.36. The summed E-state index contributed by atoms with van der Waals surface area (Å²) in [5.74, 6) is 1.41. The zero-order chi connectivity index (χ0) is 18.5. The molecule has 4 heteroatoms. The van der Waals surface area contributed by atoms with E-state index in [1.807, 2.05) is 83.9 Å². The Balaban J connectivity index is 1.52. The average Bonchev–Trinajstić information content (AvgIpc) is 2.75. The Morgan fingerprint density at radius 1 is 0.926 bits per heavy atom. The second kappa shape index (κ2) is 8.04. The van der Waals surface area contributed by atoms with E-state index in [0.29, 0.717) is 5.88 Å². The molecule has 3 aromatic rings. The van der Waals surface area contributed by atoms with Gasteiger partial charge in [0.1, 0.15) is 5.75 Å². The first-order valence-corrected chi connectivity index (χ1v) is 9.36.